The average molecular weight is 426 g/mol. The molecular formula is C21H19N3O3S2. The van der Waals surface area contributed by atoms with Gasteiger partial charge in [0.1, 0.15) is 0 Å². The molecule has 148 valence electrons. The van der Waals surface area contributed by atoms with Crippen LogP contribution in [0.2, 0.25) is 0 Å². The number of aromatic amines is 1. The number of rotatable bonds is 5. The minimum atomic E-state index is -3.17. The molecule has 8 heteroatoms. The summed E-state index contributed by atoms with van der Waals surface area (Å²) in [7, 11) is -3.17. The van der Waals surface area contributed by atoms with Crippen molar-refractivity contribution in [1.82, 2.24) is 9.97 Å². The fourth-order valence-electron chi connectivity index (χ4n) is 3.33. The van der Waals surface area contributed by atoms with Crippen LogP contribution in [0.25, 0.3) is 22.2 Å². The van der Waals surface area contributed by atoms with Gasteiger partial charge < -0.3 is 4.98 Å². The van der Waals surface area contributed by atoms with Crippen LogP contribution in [0.15, 0.2) is 53.9 Å². The Bertz CT molecular complexity index is 1320. The summed E-state index contributed by atoms with van der Waals surface area (Å²) in [5, 5.41) is 6.30. The summed E-state index contributed by atoms with van der Waals surface area (Å²) in [6.07, 6.45) is 1.17. The highest BCUT2D eigenvalue weighted by atomic mass is 32.2. The second-order valence-electron chi connectivity index (χ2n) is 6.93. The van der Waals surface area contributed by atoms with Crippen LogP contribution < -0.4 is 5.32 Å². The minimum Gasteiger partial charge on any atom is -0.358 e. The zero-order chi connectivity index (χ0) is 20.6. The molecule has 0 atom stereocenters. The third kappa shape index (κ3) is 4.23. The molecule has 2 aromatic carbocycles. The summed E-state index contributed by atoms with van der Waals surface area (Å²) in [6, 6.07) is 14.6. The van der Waals surface area contributed by atoms with E-state index in [2.05, 4.69) is 15.3 Å². The van der Waals surface area contributed by atoms with Crippen molar-refractivity contribution in [2.75, 3.05) is 11.6 Å². The molecular weight excluding hydrogens is 406 g/mol. The van der Waals surface area contributed by atoms with Gasteiger partial charge in [-0.2, -0.15) is 0 Å². The van der Waals surface area contributed by atoms with E-state index in [9.17, 15) is 13.2 Å². The molecule has 4 aromatic rings. The smallest absolute Gasteiger partial charge is 0.257 e. The summed E-state index contributed by atoms with van der Waals surface area (Å²) in [5.74, 6) is -0.424. The van der Waals surface area contributed by atoms with Crippen LogP contribution >= 0.6 is 11.3 Å². The number of aromatic nitrogens is 2. The maximum Gasteiger partial charge on any atom is 0.257 e. The number of sulfone groups is 1. The number of thiazole rings is 1. The SMILES string of the molecule is Cc1[nH]c2ccccc2c1-c1csc(NC(=O)c2cccc(CS(C)(=O)=O)c2)n1. The monoisotopic (exact) mass is 425 g/mol. The van der Waals surface area contributed by atoms with E-state index in [1.165, 1.54) is 17.6 Å². The second-order valence-corrected chi connectivity index (χ2v) is 9.93. The highest BCUT2D eigenvalue weighted by Crippen LogP contribution is 2.33. The van der Waals surface area contributed by atoms with Crippen molar-refractivity contribution in [2.45, 2.75) is 12.7 Å². The normalized spacial score (nSPS) is 11.7. The molecule has 0 aliphatic heterocycles. The number of anilines is 1. The number of hydrogen-bond donors (Lipinski definition) is 2. The summed E-state index contributed by atoms with van der Waals surface area (Å²) >= 11 is 1.35. The number of H-pyrrole nitrogens is 1. The number of benzene rings is 2. The standard InChI is InChI=1S/C21H19N3O3S2/c1-13-19(16-8-3-4-9-17(16)22-13)18-11-28-21(23-18)24-20(25)15-7-5-6-14(10-15)12-29(2,26)27/h3-11,22H,12H2,1-2H3,(H,23,24,25). The van der Waals surface area contributed by atoms with E-state index in [1.54, 1.807) is 24.3 Å². The first-order valence-electron chi connectivity index (χ1n) is 8.91. The van der Waals surface area contributed by atoms with Crippen LogP contribution in [-0.4, -0.2) is 30.5 Å². The minimum absolute atomic E-state index is 0.102. The van der Waals surface area contributed by atoms with E-state index in [0.29, 0.717) is 16.3 Å². The lowest BCUT2D eigenvalue weighted by Crippen LogP contribution is -2.12. The van der Waals surface area contributed by atoms with Crippen LogP contribution in [-0.2, 0) is 15.6 Å². The topological polar surface area (TPSA) is 91.9 Å². The van der Waals surface area contributed by atoms with E-state index in [1.807, 2.05) is 36.6 Å². The van der Waals surface area contributed by atoms with Gasteiger partial charge in [0.05, 0.1) is 11.4 Å². The molecule has 29 heavy (non-hydrogen) atoms. The van der Waals surface area contributed by atoms with Crippen molar-refractivity contribution in [3.63, 3.8) is 0 Å². The van der Waals surface area contributed by atoms with Gasteiger partial charge in [0.25, 0.3) is 5.91 Å². The molecule has 4 rings (SSSR count). The Morgan fingerprint density at radius 3 is 2.76 bits per heavy atom. The first-order valence-corrected chi connectivity index (χ1v) is 11.9. The van der Waals surface area contributed by atoms with Crippen molar-refractivity contribution in [3.05, 3.63) is 70.7 Å². The summed E-state index contributed by atoms with van der Waals surface area (Å²) in [6.45, 7) is 2.00. The van der Waals surface area contributed by atoms with Crippen LogP contribution in [0.5, 0.6) is 0 Å². The van der Waals surface area contributed by atoms with Crippen LogP contribution in [0.1, 0.15) is 21.6 Å². The zero-order valence-electron chi connectivity index (χ0n) is 15.9. The number of amides is 1. The maximum atomic E-state index is 12.6. The summed E-state index contributed by atoms with van der Waals surface area (Å²) in [5.41, 5.74) is 4.85. The molecule has 0 saturated heterocycles. The fourth-order valence-corrected chi connectivity index (χ4v) is 4.81. The predicted molar refractivity (Wildman–Crippen MR) is 117 cm³/mol. The van der Waals surface area contributed by atoms with Gasteiger partial charge in [-0.15, -0.1) is 11.3 Å². The van der Waals surface area contributed by atoms with Crippen LogP contribution in [0.3, 0.4) is 0 Å². The molecule has 0 unspecified atom stereocenters. The third-order valence-electron chi connectivity index (χ3n) is 4.49. The Morgan fingerprint density at radius 2 is 1.97 bits per heavy atom. The van der Waals surface area contributed by atoms with Crippen molar-refractivity contribution in [3.8, 4) is 11.3 Å². The number of hydrogen-bond acceptors (Lipinski definition) is 5. The van der Waals surface area contributed by atoms with Gasteiger partial charge in [-0.3, -0.25) is 10.1 Å². The summed E-state index contributed by atoms with van der Waals surface area (Å²) in [4.78, 5) is 20.5. The lowest BCUT2D eigenvalue weighted by molar-refractivity contribution is 0.102. The Morgan fingerprint density at radius 1 is 1.17 bits per heavy atom. The first-order chi connectivity index (χ1) is 13.8. The molecule has 1 amide bonds. The largest absolute Gasteiger partial charge is 0.358 e. The molecule has 0 spiro atoms. The Balaban J connectivity index is 1.57. The maximum absolute atomic E-state index is 12.6. The van der Waals surface area contributed by atoms with E-state index in [-0.39, 0.29) is 11.7 Å². The molecule has 0 saturated carbocycles. The Hall–Kier alpha value is -2.97. The number of aryl methyl sites for hydroxylation is 1. The van der Waals surface area contributed by atoms with Crippen molar-refractivity contribution in [1.29, 1.82) is 0 Å². The number of fused-ring (bicyclic) bond motifs is 1. The van der Waals surface area contributed by atoms with Gasteiger partial charge in [0.2, 0.25) is 0 Å². The zero-order valence-corrected chi connectivity index (χ0v) is 17.5. The summed E-state index contributed by atoms with van der Waals surface area (Å²) < 4.78 is 23.0. The van der Waals surface area contributed by atoms with E-state index in [0.717, 1.165) is 27.9 Å². The Kier molecular flexibility index (Phi) is 4.97. The molecule has 2 heterocycles. The van der Waals surface area contributed by atoms with Crippen molar-refractivity contribution in [2.24, 2.45) is 0 Å². The van der Waals surface area contributed by atoms with Gasteiger partial charge in [0, 0.05) is 39.4 Å². The molecule has 2 aromatic heterocycles. The molecule has 0 aliphatic rings. The van der Waals surface area contributed by atoms with Gasteiger partial charge >= 0.3 is 0 Å². The molecule has 0 bridgehead atoms. The highest BCUT2D eigenvalue weighted by Gasteiger charge is 2.15. The average Bonchev–Trinajstić information content (AvgIpc) is 3.23. The molecule has 0 fully saturated rings. The first kappa shape index (κ1) is 19.4. The van der Waals surface area contributed by atoms with Crippen LogP contribution in [0, 0.1) is 6.92 Å². The molecule has 2 N–H and O–H groups in total. The van der Waals surface area contributed by atoms with Gasteiger partial charge in [0.15, 0.2) is 15.0 Å². The molecule has 0 aliphatic carbocycles. The number of carbonyl (C=O) groups is 1. The number of carbonyl (C=O) groups excluding carboxylic acids is 1. The molecule has 0 radical (unpaired) electrons. The van der Waals surface area contributed by atoms with E-state index in [4.69, 9.17) is 0 Å². The second kappa shape index (κ2) is 7.46. The van der Waals surface area contributed by atoms with E-state index >= 15 is 0 Å². The highest BCUT2D eigenvalue weighted by molar-refractivity contribution is 7.89. The third-order valence-corrected chi connectivity index (χ3v) is 6.11. The Labute approximate surface area is 172 Å². The lowest BCUT2D eigenvalue weighted by Gasteiger charge is -2.05. The van der Waals surface area contributed by atoms with Crippen LogP contribution in [0.4, 0.5) is 5.13 Å². The van der Waals surface area contributed by atoms with E-state index < -0.39 is 9.84 Å². The molecule has 6 nitrogen and oxygen atoms in total. The lowest BCUT2D eigenvalue weighted by atomic mass is 10.1. The number of nitrogens with zero attached hydrogens (tertiary/aromatic N) is 1. The quantitative estimate of drug-likeness (QED) is 0.496. The van der Waals surface area contributed by atoms with Gasteiger partial charge in [-0.25, -0.2) is 13.4 Å². The van der Waals surface area contributed by atoms with Gasteiger partial charge in [-0.05, 0) is 30.7 Å². The van der Waals surface area contributed by atoms with Crippen molar-refractivity contribution >= 4 is 43.1 Å². The van der Waals surface area contributed by atoms with Gasteiger partial charge in [-0.1, -0.05) is 30.3 Å². The van der Waals surface area contributed by atoms with Crippen molar-refractivity contribution < 1.29 is 13.2 Å². The number of para-hydroxylation sites is 1. The number of nitrogens with one attached hydrogen (secondary N) is 2. The fraction of sp³-hybridized carbons (Fsp3) is 0.143. The predicted octanol–water partition coefficient (Wildman–Crippen LogP) is 4.40.